The van der Waals surface area contributed by atoms with E-state index in [9.17, 15) is 4.79 Å². The van der Waals surface area contributed by atoms with Crippen molar-refractivity contribution in [2.24, 2.45) is 5.10 Å². The fourth-order valence-electron chi connectivity index (χ4n) is 2.12. The molecule has 0 aliphatic heterocycles. The lowest BCUT2D eigenvalue weighted by atomic mass is 10.2. The third-order valence-electron chi connectivity index (χ3n) is 3.34. The van der Waals surface area contributed by atoms with Gasteiger partial charge in [0.25, 0.3) is 5.91 Å². The maximum atomic E-state index is 11.8. The van der Waals surface area contributed by atoms with Crippen molar-refractivity contribution in [3.63, 3.8) is 0 Å². The Hall–Kier alpha value is -2.34. The standard InChI is InChI=1S/C19H21BrN2O3/c1-3-14-6-5-7-17(10-14)25-13-19(23)22-21-12-15-11-16(20)8-9-18(15)24-4-2/h5-12H,3-4,13H2,1-2H3,(H,22,23)/b21-12+. The molecule has 0 radical (unpaired) electrons. The minimum absolute atomic E-state index is 0.0959. The molecular weight excluding hydrogens is 384 g/mol. The molecule has 0 heterocycles. The van der Waals surface area contributed by atoms with E-state index in [-0.39, 0.29) is 12.5 Å². The number of aryl methyl sites for hydroxylation is 1. The van der Waals surface area contributed by atoms with E-state index in [0.717, 1.165) is 22.0 Å². The summed E-state index contributed by atoms with van der Waals surface area (Å²) in [5, 5.41) is 3.97. The number of amides is 1. The van der Waals surface area contributed by atoms with Gasteiger partial charge in [0.05, 0.1) is 12.8 Å². The highest BCUT2D eigenvalue weighted by molar-refractivity contribution is 9.10. The Bertz CT molecular complexity index is 747. The molecule has 0 fully saturated rings. The van der Waals surface area contributed by atoms with Crippen molar-refractivity contribution >= 4 is 28.1 Å². The molecule has 2 rings (SSSR count). The van der Waals surface area contributed by atoms with Crippen molar-refractivity contribution in [3.8, 4) is 11.5 Å². The summed E-state index contributed by atoms with van der Waals surface area (Å²) in [5.74, 6) is 1.05. The number of carbonyl (C=O) groups is 1. The van der Waals surface area contributed by atoms with E-state index in [1.165, 1.54) is 0 Å². The van der Waals surface area contributed by atoms with Crippen LogP contribution in [0.3, 0.4) is 0 Å². The molecule has 25 heavy (non-hydrogen) atoms. The first-order valence-corrected chi connectivity index (χ1v) is 8.87. The van der Waals surface area contributed by atoms with Crippen LogP contribution in [-0.2, 0) is 11.2 Å². The lowest BCUT2D eigenvalue weighted by Crippen LogP contribution is -2.24. The monoisotopic (exact) mass is 404 g/mol. The Morgan fingerprint density at radius 1 is 1.20 bits per heavy atom. The van der Waals surface area contributed by atoms with Gasteiger partial charge in [0.15, 0.2) is 6.61 Å². The first-order chi connectivity index (χ1) is 12.1. The van der Waals surface area contributed by atoms with E-state index < -0.39 is 0 Å². The zero-order chi connectivity index (χ0) is 18.1. The summed E-state index contributed by atoms with van der Waals surface area (Å²) in [4.78, 5) is 11.8. The van der Waals surface area contributed by atoms with Crippen LogP contribution in [0.1, 0.15) is 25.0 Å². The Balaban J connectivity index is 1.89. The Morgan fingerprint density at radius 3 is 2.80 bits per heavy atom. The molecule has 0 bridgehead atoms. The van der Waals surface area contributed by atoms with Gasteiger partial charge in [0, 0.05) is 10.0 Å². The van der Waals surface area contributed by atoms with Gasteiger partial charge >= 0.3 is 0 Å². The Morgan fingerprint density at radius 2 is 2.04 bits per heavy atom. The minimum atomic E-state index is -0.328. The number of ether oxygens (including phenoxy) is 2. The van der Waals surface area contributed by atoms with Gasteiger partial charge in [-0.2, -0.15) is 5.10 Å². The average molecular weight is 405 g/mol. The number of benzene rings is 2. The number of nitrogens with zero attached hydrogens (tertiary/aromatic N) is 1. The highest BCUT2D eigenvalue weighted by atomic mass is 79.9. The summed E-state index contributed by atoms with van der Waals surface area (Å²) in [6.45, 7) is 4.44. The molecule has 5 nitrogen and oxygen atoms in total. The van der Waals surface area contributed by atoms with E-state index in [0.29, 0.717) is 18.1 Å². The normalized spacial score (nSPS) is 10.7. The van der Waals surface area contributed by atoms with E-state index in [4.69, 9.17) is 9.47 Å². The lowest BCUT2D eigenvalue weighted by Gasteiger charge is -2.08. The van der Waals surface area contributed by atoms with Crippen LogP contribution in [0, 0.1) is 0 Å². The first kappa shape index (κ1) is 19.0. The van der Waals surface area contributed by atoms with Crippen molar-refractivity contribution in [2.75, 3.05) is 13.2 Å². The second-order valence-corrected chi connectivity index (χ2v) is 6.11. The van der Waals surface area contributed by atoms with Crippen molar-refractivity contribution in [1.29, 1.82) is 0 Å². The van der Waals surface area contributed by atoms with Crippen molar-refractivity contribution in [2.45, 2.75) is 20.3 Å². The molecule has 0 aromatic heterocycles. The van der Waals surface area contributed by atoms with Gasteiger partial charge < -0.3 is 9.47 Å². The van der Waals surface area contributed by atoms with E-state index in [1.54, 1.807) is 6.21 Å². The van der Waals surface area contributed by atoms with Crippen LogP contribution >= 0.6 is 15.9 Å². The highest BCUT2D eigenvalue weighted by Crippen LogP contribution is 2.21. The molecule has 6 heteroatoms. The van der Waals surface area contributed by atoms with Crippen LogP contribution in [0.5, 0.6) is 11.5 Å². The Kier molecular flexibility index (Phi) is 7.47. The summed E-state index contributed by atoms with van der Waals surface area (Å²) in [6, 6.07) is 13.3. The van der Waals surface area contributed by atoms with Gasteiger partial charge in [-0.1, -0.05) is 35.0 Å². The number of rotatable bonds is 8. The first-order valence-electron chi connectivity index (χ1n) is 8.08. The quantitative estimate of drug-likeness (QED) is 0.535. The molecule has 0 spiro atoms. The van der Waals surface area contributed by atoms with Gasteiger partial charge in [0.2, 0.25) is 0 Å². The van der Waals surface area contributed by atoms with Crippen molar-refractivity contribution in [1.82, 2.24) is 5.43 Å². The molecule has 0 aliphatic carbocycles. The van der Waals surface area contributed by atoms with Crippen LogP contribution in [0.15, 0.2) is 52.0 Å². The lowest BCUT2D eigenvalue weighted by molar-refractivity contribution is -0.123. The molecule has 0 saturated carbocycles. The molecule has 1 amide bonds. The smallest absolute Gasteiger partial charge is 0.277 e. The number of hydrazone groups is 1. The van der Waals surface area contributed by atoms with Crippen molar-refractivity contribution < 1.29 is 14.3 Å². The van der Waals surface area contributed by atoms with E-state index >= 15 is 0 Å². The number of hydrogen-bond acceptors (Lipinski definition) is 4. The van der Waals surface area contributed by atoms with Crippen LogP contribution in [0.25, 0.3) is 0 Å². The summed E-state index contributed by atoms with van der Waals surface area (Å²) in [5.41, 5.74) is 4.39. The molecule has 2 aromatic carbocycles. The Labute approximate surface area is 156 Å². The van der Waals surface area contributed by atoms with Gasteiger partial charge in [0.1, 0.15) is 11.5 Å². The SMILES string of the molecule is CCOc1ccc(Br)cc1/C=N/NC(=O)COc1cccc(CC)c1. The summed E-state index contributed by atoms with van der Waals surface area (Å²) < 4.78 is 11.9. The number of halogens is 1. The van der Waals surface area contributed by atoms with Crippen molar-refractivity contribution in [3.05, 3.63) is 58.1 Å². The fraction of sp³-hybridized carbons (Fsp3) is 0.263. The second kappa shape index (κ2) is 9.84. The summed E-state index contributed by atoms with van der Waals surface area (Å²) in [7, 11) is 0. The van der Waals surface area contributed by atoms with Crippen LogP contribution in [0.2, 0.25) is 0 Å². The van der Waals surface area contributed by atoms with E-state index in [2.05, 4.69) is 33.4 Å². The highest BCUT2D eigenvalue weighted by Gasteiger charge is 2.04. The largest absolute Gasteiger partial charge is 0.493 e. The maximum absolute atomic E-state index is 11.8. The number of carbonyl (C=O) groups excluding carboxylic acids is 1. The van der Waals surface area contributed by atoms with Gasteiger partial charge in [-0.3, -0.25) is 4.79 Å². The van der Waals surface area contributed by atoms with Crippen LogP contribution in [0.4, 0.5) is 0 Å². The zero-order valence-corrected chi connectivity index (χ0v) is 15.9. The predicted molar refractivity (Wildman–Crippen MR) is 102 cm³/mol. The second-order valence-electron chi connectivity index (χ2n) is 5.20. The molecular formula is C19H21BrN2O3. The molecule has 0 saturated heterocycles. The molecule has 1 N–H and O–H groups in total. The van der Waals surface area contributed by atoms with Gasteiger partial charge in [-0.15, -0.1) is 0 Å². The fourth-order valence-corrected chi connectivity index (χ4v) is 2.50. The molecule has 0 atom stereocenters. The third kappa shape index (κ3) is 6.23. The summed E-state index contributed by atoms with van der Waals surface area (Å²) >= 11 is 3.41. The van der Waals surface area contributed by atoms with Gasteiger partial charge in [-0.25, -0.2) is 5.43 Å². The minimum Gasteiger partial charge on any atom is -0.493 e. The number of nitrogens with one attached hydrogen (secondary N) is 1. The van der Waals surface area contributed by atoms with Gasteiger partial charge in [-0.05, 0) is 49.2 Å². The van der Waals surface area contributed by atoms with Crippen LogP contribution in [-0.4, -0.2) is 25.3 Å². The molecule has 0 aliphatic rings. The third-order valence-corrected chi connectivity index (χ3v) is 3.83. The predicted octanol–water partition coefficient (Wildman–Crippen LogP) is 3.94. The summed E-state index contributed by atoms with van der Waals surface area (Å²) in [6.07, 6.45) is 2.47. The van der Waals surface area contributed by atoms with Crippen LogP contribution < -0.4 is 14.9 Å². The number of hydrogen-bond donors (Lipinski definition) is 1. The topological polar surface area (TPSA) is 59.9 Å². The molecule has 132 valence electrons. The van der Waals surface area contributed by atoms with E-state index in [1.807, 2.05) is 49.4 Å². The maximum Gasteiger partial charge on any atom is 0.277 e. The molecule has 0 unspecified atom stereocenters. The molecule has 2 aromatic rings. The average Bonchev–Trinajstić information content (AvgIpc) is 2.62. The zero-order valence-electron chi connectivity index (χ0n) is 14.3.